The molecule has 1 saturated carbocycles. The van der Waals surface area contributed by atoms with E-state index in [1.165, 1.54) is 22.6 Å². The lowest BCUT2D eigenvalue weighted by atomic mass is 9.89. The van der Waals surface area contributed by atoms with Gasteiger partial charge in [0.2, 0.25) is 11.8 Å². The molecule has 1 fully saturated rings. The number of amides is 2. The van der Waals surface area contributed by atoms with E-state index in [0.29, 0.717) is 5.13 Å². The Morgan fingerprint density at radius 2 is 2.09 bits per heavy atom. The van der Waals surface area contributed by atoms with Crippen molar-refractivity contribution < 1.29 is 9.59 Å². The number of hydrogen-bond donors (Lipinski definition) is 2. The summed E-state index contributed by atoms with van der Waals surface area (Å²) in [5, 5.41) is 6.21. The minimum absolute atomic E-state index is 0.0138. The van der Waals surface area contributed by atoms with E-state index in [9.17, 15) is 9.59 Å². The van der Waals surface area contributed by atoms with Crippen molar-refractivity contribution in [2.24, 2.45) is 5.92 Å². The van der Waals surface area contributed by atoms with Gasteiger partial charge in [-0.25, -0.2) is 4.98 Å². The molecule has 0 spiro atoms. The number of carbonyl (C=O) groups is 2. The summed E-state index contributed by atoms with van der Waals surface area (Å²) in [6.07, 6.45) is 6.26. The maximum atomic E-state index is 12.0. The van der Waals surface area contributed by atoms with Crippen molar-refractivity contribution in [1.29, 1.82) is 0 Å². The fourth-order valence-corrected chi connectivity index (χ4v) is 4.32. The molecule has 0 atom stereocenters. The number of likely N-dealkylation sites (N-methyl/N-ethyl adjacent to an activating group) is 1. The summed E-state index contributed by atoms with van der Waals surface area (Å²) in [7, 11) is 2.09. The Bertz CT molecular complexity index is 581. The van der Waals surface area contributed by atoms with E-state index in [4.69, 9.17) is 0 Å². The van der Waals surface area contributed by atoms with Gasteiger partial charge in [-0.15, -0.1) is 11.3 Å². The van der Waals surface area contributed by atoms with Crippen LogP contribution in [0.3, 0.4) is 0 Å². The Morgan fingerprint density at radius 1 is 1.30 bits per heavy atom. The van der Waals surface area contributed by atoms with Gasteiger partial charge in [-0.2, -0.15) is 0 Å². The molecule has 1 aromatic heterocycles. The van der Waals surface area contributed by atoms with Gasteiger partial charge in [0.15, 0.2) is 5.13 Å². The smallest absolute Gasteiger partial charge is 0.245 e. The maximum absolute atomic E-state index is 12.0. The van der Waals surface area contributed by atoms with Crippen molar-refractivity contribution >= 4 is 28.3 Å². The normalized spacial score (nSPS) is 19.2. The van der Waals surface area contributed by atoms with Gasteiger partial charge in [0.25, 0.3) is 0 Å². The summed E-state index contributed by atoms with van der Waals surface area (Å²) in [5.74, 6) is -0.104. The van der Waals surface area contributed by atoms with E-state index in [-0.39, 0.29) is 24.3 Å². The molecular formula is C16H24N4O2S. The molecule has 0 aromatic carbocycles. The van der Waals surface area contributed by atoms with Crippen LogP contribution in [0.1, 0.15) is 42.7 Å². The highest BCUT2D eigenvalue weighted by molar-refractivity contribution is 7.15. The van der Waals surface area contributed by atoms with Crippen LogP contribution in [-0.2, 0) is 22.6 Å². The van der Waals surface area contributed by atoms with Crippen LogP contribution >= 0.6 is 11.3 Å². The third kappa shape index (κ3) is 4.29. The van der Waals surface area contributed by atoms with Crippen LogP contribution in [0.5, 0.6) is 0 Å². The third-order valence-corrected chi connectivity index (χ3v) is 5.57. The molecule has 1 aromatic rings. The summed E-state index contributed by atoms with van der Waals surface area (Å²) in [6.45, 7) is 1.92. The molecule has 0 radical (unpaired) electrons. The molecular weight excluding hydrogens is 312 g/mol. The van der Waals surface area contributed by atoms with Crippen molar-refractivity contribution in [2.75, 3.05) is 25.5 Å². The molecule has 1 aliphatic carbocycles. The van der Waals surface area contributed by atoms with Gasteiger partial charge in [-0.05, 0) is 19.9 Å². The van der Waals surface area contributed by atoms with Gasteiger partial charge in [-0.1, -0.05) is 19.3 Å². The molecule has 3 rings (SSSR count). The highest BCUT2D eigenvalue weighted by Crippen LogP contribution is 2.27. The molecule has 2 amide bonds. The maximum Gasteiger partial charge on any atom is 0.245 e. The first kappa shape index (κ1) is 16.4. The fraction of sp³-hybridized carbons (Fsp3) is 0.688. The molecule has 23 heavy (non-hydrogen) atoms. The standard InChI is InChI=1S/C16H24N4O2S/c1-20-8-7-12-13(10-20)23-16(18-12)19-14(21)9-17-15(22)11-5-3-2-4-6-11/h11H,2-10H2,1H3,(H,17,22)(H,18,19,21). The molecule has 2 N–H and O–H groups in total. The van der Waals surface area contributed by atoms with Gasteiger partial charge in [0.05, 0.1) is 12.2 Å². The molecule has 2 aliphatic rings. The van der Waals surface area contributed by atoms with Gasteiger partial charge in [-0.3, -0.25) is 9.59 Å². The summed E-state index contributed by atoms with van der Waals surface area (Å²) in [5.41, 5.74) is 1.09. The van der Waals surface area contributed by atoms with Crippen LogP contribution in [0.4, 0.5) is 5.13 Å². The van der Waals surface area contributed by atoms with Gasteiger partial charge in [0, 0.05) is 30.3 Å². The molecule has 0 bridgehead atoms. The summed E-state index contributed by atoms with van der Waals surface area (Å²) < 4.78 is 0. The van der Waals surface area contributed by atoms with Crippen LogP contribution in [-0.4, -0.2) is 41.8 Å². The van der Waals surface area contributed by atoms with Gasteiger partial charge < -0.3 is 15.5 Å². The van der Waals surface area contributed by atoms with E-state index in [0.717, 1.165) is 50.9 Å². The molecule has 126 valence electrons. The van der Waals surface area contributed by atoms with Crippen molar-refractivity contribution in [3.63, 3.8) is 0 Å². The highest BCUT2D eigenvalue weighted by atomic mass is 32.1. The Kier molecular flexibility index (Phi) is 5.27. The number of carbonyl (C=O) groups excluding carboxylic acids is 2. The van der Waals surface area contributed by atoms with Crippen LogP contribution < -0.4 is 10.6 Å². The quantitative estimate of drug-likeness (QED) is 0.879. The minimum Gasteiger partial charge on any atom is -0.347 e. The lowest BCUT2D eigenvalue weighted by molar-refractivity contribution is -0.128. The predicted molar refractivity (Wildman–Crippen MR) is 90.4 cm³/mol. The van der Waals surface area contributed by atoms with E-state index in [2.05, 4.69) is 27.6 Å². The van der Waals surface area contributed by atoms with Crippen LogP contribution in [0.25, 0.3) is 0 Å². The average Bonchev–Trinajstić information content (AvgIpc) is 2.94. The Labute approximate surface area is 140 Å². The van der Waals surface area contributed by atoms with Crippen molar-refractivity contribution in [2.45, 2.75) is 45.1 Å². The largest absolute Gasteiger partial charge is 0.347 e. The minimum atomic E-state index is -0.200. The zero-order chi connectivity index (χ0) is 16.2. The molecule has 2 heterocycles. The van der Waals surface area contributed by atoms with E-state index in [1.807, 2.05) is 0 Å². The van der Waals surface area contributed by atoms with Crippen LogP contribution in [0.2, 0.25) is 0 Å². The predicted octanol–water partition coefficient (Wildman–Crippen LogP) is 1.77. The van der Waals surface area contributed by atoms with Gasteiger partial charge >= 0.3 is 0 Å². The number of anilines is 1. The van der Waals surface area contributed by atoms with E-state index < -0.39 is 0 Å². The number of hydrogen-bond acceptors (Lipinski definition) is 5. The van der Waals surface area contributed by atoms with E-state index >= 15 is 0 Å². The zero-order valence-corrected chi connectivity index (χ0v) is 14.4. The SMILES string of the molecule is CN1CCc2nc(NC(=O)CNC(=O)C3CCCCC3)sc2C1. The van der Waals surface area contributed by atoms with Crippen LogP contribution in [0, 0.1) is 5.92 Å². The topological polar surface area (TPSA) is 74.3 Å². The highest BCUT2D eigenvalue weighted by Gasteiger charge is 2.22. The molecule has 1 aliphatic heterocycles. The number of rotatable bonds is 4. The third-order valence-electron chi connectivity index (χ3n) is 4.57. The van der Waals surface area contributed by atoms with Crippen molar-refractivity contribution in [3.05, 3.63) is 10.6 Å². The average molecular weight is 336 g/mol. The molecule has 7 heteroatoms. The van der Waals surface area contributed by atoms with E-state index in [1.54, 1.807) is 0 Å². The lowest BCUT2D eigenvalue weighted by Gasteiger charge is -2.20. The number of nitrogens with one attached hydrogen (secondary N) is 2. The number of thiazole rings is 1. The summed E-state index contributed by atoms with van der Waals surface area (Å²) >= 11 is 1.53. The summed E-state index contributed by atoms with van der Waals surface area (Å²) in [6, 6.07) is 0. The zero-order valence-electron chi connectivity index (χ0n) is 13.6. The first-order chi connectivity index (χ1) is 11.1. The lowest BCUT2D eigenvalue weighted by Crippen LogP contribution is -2.37. The van der Waals surface area contributed by atoms with Crippen LogP contribution in [0.15, 0.2) is 0 Å². The second-order valence-corrected chi connectivity index (χ2v) is 7.56. The first-order valence-corrected chi connectivity index (χ1v) is 9.18. The molecule has 6 nitrogen and oxygen atoms in total. The Morgan fingerprint density at radius 3 is 2.87 bits per heavy atom. The monoisotopic (exact) mass is 336 g/mol. The first-order valence-electron chi connectivity index (χ1n) is 8.36. The van der Waals surface area contributed by atoms with Crippen molar-refractivity contribution in [3.8, 4) is 0 Å². The molecule has 0 saturated heterocycles. The second-order valence-electron chi connectivity index (χ2n) is 6.48. The Balaban J connectivity index is 1.47. The molecule has 0 unspecified atom stereocenters. The van der Waals surface area contributed by atoms with Gasteiger partial charge in [0.1, 0.15) is 0 Å². The number of nitrogens with zero attached hydrogens (tertiary/aromatic N) is 2. The fourth-order valence-electron chi connectivity index (χ4n) is 3.22. The Hall–Kier alpha value is -1.47. The number of aromatic nitrogens is 1. The number of fused-ring (bicyclic) bond motifs is 1. The summed E-state index contributed by atoms with van der Waals surface area (Å²) in [4.78, 5) is 32.0. The second kappa shape index (κ2) is 7.40. The van der Waals surface area contributed by atoms with Crippen molar-refractivity contribution in [1.82, 2.24) is 15.2 Å².